The summed E-state index contributed by atoms with van der Waals surface area (Å²) < 4.78 is 0. The quantitative estimate of drug-likeness (QED) is 0.811. The molecule has 1 aliphatic rings. The van der Waals surface area contributed by atoms with Gasteiger partial charge in [-0.05, 0) is 55.3 Å². The van der Waals surface area contributed by atoms with Crippen LogP contribution in [0.25, 0.3) is 0 Å². The highest BCUT2D eigenvalue weighted by molar-refractivity contribution is 6.42. The molecule has 0 spiro atoms. The van der Waals surface area contributed by atoms with E-state index in [1.807, 2.05) is 12.1 Å². The Morgan fingerprint density at radius 1 is 1.16 bits per heavy atom. The molecule has 0 radical (unpaired) electrons. The number of rotatable bonds is 5. The number of halogens is 2. The van der Waals surface area contributed by atoms with Crippen molar-refractivity contribution in [3.05, 3.63) is 33.8 Å². The van der Waals surface area contributed by atoms with Crippen LogP contribution in [0.1, 0.15) is 38.7 Å². The fourth-order valence-electron chi connectivity index (χ4n) is 3.01. The van der Waals surface area contributed by atoms with Crippen LogP contribution < -0.4 is 5.32 Å². The molecule has 1 fully saturated rings. The van der Waals surface area contributed by atoms with Crippen LogP contribution in [0.5, 0.6) is 0 Å². The number of hydrogen-bond acceptors (Lipinski definition) is 1. The van der Waals surface area contributed by atoms with Crippen molar-refractivity contribution in [1.82, 2.24) is 5.32 Å². The van der Waals surface area contributed by atoms with Gasteiger partial charge in [-0.2, -0.15) is 0 Å². The molecule has 2 unspecified atom stereocenters. The van der Waals surface area contributed by atoms with Crippen LogP contribution in [0.3, 0.4) is 0 Å². The molecule has 3 heteroatoms. The highest BCUT2D eigenvalue weighted by atomic mass is 35.5. The highest BCUT2D eigenvalue weighted by Gasteiger charge is 2.27. The average molecular weight is 300 g/mol. The lowest BCUT2D eigenvalue weighted by Gasteiger charge is -2.21. The molecule has 2 atom stereocenters. The monoisotopic (exact) mass is 299 g/mol. The normalized spacial score (nSPS) is 23.2. The molecule has 1 nitrogen and oxygen atoms in total. The third-order valence-electron chi connectivity index (χ3n) is 4.09. The first-order valence-corrected chi connectivity index (χ1v) is 7.99. The van der Waals surface area contributed by atoms with E-state index in [1.165, 1.54) is 24.8 Å². The Kier molecular flexibility index (Phi) is 5.56. The first kappa shape index (κ1) is 15.2. The first-order valence-electron chi connectivity index (χ1n) is 7.23. The Balaban J connectivity index is 1.95. The van der Waals surface area contributed by atoms with Crippen molar-refractivity contribution in [1.29, 1.82) is 0 Å². The van der Waals surface area contributed by atoms with E-state index in [0.717, 1.165) is 24.8 Å². The molecule has 1 aromatic rings. The minimum absolute atomic E-state index is 0.575. The lowest BCUT2D eigenvalue weighted by molar-refractivity contribution is 0.354. The summed E-state index contributed by atoms with van der Waals surface area (Å²) in [5, 5.41) is 4.90. The standard InChI is InChI=1S/C16H23Cl2N/c1-11(2)19-10-14-5-3-4-13(14)8-12-6-7-15(17)16(18)9-12/h6-7,9,11,13-14,19H,3-5,8,10H2,1-2H3. The van der Waals surface area contributed by atoms with Crippen LogP contribution in [-0.4, -0.2) is 12.6 Å². The molecule has 2 rings (SSSR count). The summed E-state index contributed by atoms with van der Waals surface area (Å²) in [6.07, 6.45) is 5.17. The Bertz CT molecular complexity index is 417. The van der Waals surface area contributed by atoms with Gasteiger partial charge in [-0.1, -0.05) is 49.5 Å². The van der Waals surface area contributed by atoms with Gasteiger partial charge in [0, 0.05) is 6.04 Å². The van der Waals surface area contributed by atoms with Crippen LogP contribution in [0.15, 0.2) is 18.2 Å². The molecule has 0 amide bonds. The summed E-state index contributed by atoms with van der Waals surface area (Å²) in [6, 6.07) is 6.62. The van der Waals surface area contributed by atoms with Gasteiger partial charge in [-0.25, -0.2) is 0 Å². The molecule has 1 aromatic carbocycles. The second kappa shape index (κ2) is 6.97. The van der Waals surface area contributed by atoms with E-state index in [4.69, 9.17) is 23.2 Å². The van der Waals surface area contributed by atoms with Gasteiger partial charge < -0.3 is 5.32 Å². The van der Waals surface area contributed by atoms with E-state index in [2.05, 4.69) is 25.2 Å². The molecule has 0 aliphatic heterocycles. The molecule has 0 aromatic heterocycles. The smallest absolute Gasteiger partial charge is 0.0595 e. The summed E-state index contributed by atoms with van der Waals surface area (Å²) in [5.74, 6) is 1.58. The summed E-state index contributed by atoms with van der Waals surface area (Å²) in [6.45, 7) is 5.56. The van der Waals surface area contributed by atoms with Crippen molar-refractivity contribution in [2.75, 3.05) is 6.54 Å². The van der Waals surface area contributed by atoms with Crippen LogP contribution >= 0.6 is 23.2 Å². The first-order chi connectivity index (χ1) is 9.06. The Morgan fingerprint density at radius 3 is 2.58 bits per heavy atom. The molecule has 1 saturated carbocycles. The number of benzene rings is 1. The molecule has 19 heavy (non-hydrogen) atoms. The van der Waals surface area contributed by atoms with Crippen molar-refractivity contribution in [2.24, 2.45) is 11.8 Å². The molecular formula is C16H23Cl2N. The maximum atomic E-state index is 6.09. The average Bonchev–Trinajstić information content (AvgIpc) is 2.79. The minimum atomic E-state index is 0.575. The Hall–Kier alpha value is -0.240. The predicted molar refractivity (Wildman–Crippen MR) is 84.1 cm³/mol. The van der Waals surface area contributed by atoms with Gasteiger partial charge >= 0.3 is 0 Å². The van der Waals surface area contributed by atoms with Crippen LogP contribution in [0, 0.1) is 11.8 Å². The van der Waals surface area contributed by atoms with Crippen molar-refractivity contribution in [3.63, 3.8) is 0 Å². The van der Waals surface area contributed by atoms with Gasteiger partial charge in [-0.3, -0.25) is 0 Å². The summed E-state index contributed by atoms with van der Waals surface area (Å²) in [5.41, 5.74) is 1.32. The fourth-order valence-corrected chi connectivity index (χ4v) is 3.33. The van der Waals surface area contributed by atoms with Crippen molar-refractivity contribution in [2.45, 2.75) is 45.6 Å². The predicted octanol–water partition coefficient (Wildman–Crippen LogP) is 4.95. The number of hydrogen-bond donors (Lipinski definition) is 1. The number of nitrogens with one attached hydrogen (secondary N) is 1. The lowest BCUT2D eigenvalue weighted by atomic mass is 9.89. The fraction of sp³-hybridized carbons (Fsp3) is 0.625. The Morgan fingerprint density at radius 2 is 1.89 bits per heavy atom. The van der Waals surface area contributed by atoms with E-state index in [9.17, 15) is 0 Å². The molecule has 0 saturated heterocycles. The van der Waals surface area contributed by atoms with Gasteiger partial charge in [0.1, 0.15) is 0 Å². The second-order valence-electron chi connectivity index (χ2n) is 5.97. The van der Waals surface area contributed by atoms with E-state index < -0.39 is 0 Å². The van der Waals surface area contributed by atoms with Crippen molar-refractivity contribution >= 4 is 23.2 Å². The third kappa shape index (κ3) is 4.37. The van der Waals surface area contributed by atoms with E-state index in [-0.39, 0.29) is 0 Å². The molecule has 1 N–H and O–H groups in total. The lowest BCUT2D eigenvalue weighted by Crippen LogP contribution is -2.31. The van der Waals surface area contributed by atoms with Crippen LogP contribution in [0.4, 0.5) is 0 Å². The summed E-state index contributed by atoms with van der Waals surface area (Å²) in [4.78, 5) is 0. The topological polar surface area (TPSA) is 12.0 Å². The maximum absolute atomic E-state index is 6.09. The SMILES string of the molecule is CC(C)NCC1CCCC1Cc1ccc(Cl)c(Cl)c1. The van der Waals surface area contributed by atoms with Gasteiger partial charge in [0.25, 0.3) is 0 Å². The zero-order valence-corrected chi connectivity index (χ0v) is 13.3. The van der Waals surface area contributed by atoms with Crippen LogP contribution in [-0.2, 0) is 6.42 Å². The molecule has 106 valence electrons. The van der Waals surface area contributed by atoms with Gasteiger partial charge in [-0.15, -0.1) is 0 Å². The van der Waals surface area contributed by atoms with Gasteiger partial charge in [0.05, 0.1) is 10.0 Å². The molecular weight excluding hydrogens is 277 g/mol. The zero-order chi connectivity index (χ0) is 13.8. The van der Waals surface area contributed by atoms with Crippen molar-refractivity contribution in [3.8, 4) is 0 Å². The largest absolute Gasteiger partial charge is 0.314 e. The van der Waals surface area contributed by atoms with Gasteiger partial charge in [0.15, 0.2) is 0 Å². The van der Waals surface area contributed by atoms with E-state index in [1.54, 1.807) is 0 Å². The second-order valence-corrected chi connectivity index (χ2v) is 6.78. The summed E-state index contributed by atoms with van der Waals surface area (Å²) in [7, 11) is 0. The maximum Gasteiger partial charge on any atom is 0.0595 e. The van der Waals surface area contributed by atoms with Crippen LogP contribution in [0.2, 0.25) is 10.0 Å². The third-order valence-corrected chi connectivity index (χ3v) is 4.83. The highest BCUT2D eigenvalue weighted by Crippen LogP contribution is 2.35. The zero-order valence-electron chi connectivity index (χ0n) is 11.8. The van der Waals surface area contributed by atoms with Gasteiger partial charge in [0.2, 0.25) is 0 Å². The molecule has 1 aliphatic carbocycles. The van der Waals surface area contributed by atoms with E-state index >= 15 is 0 Å². The minimum Gasteiger partial charge on any atom is -0.314 e. The summed E-state index contributed by atoms with van der Waals surface area (Å²) >= 11 is 12.1. The Labute approximate surface area is 126 Å². The molecule has 0 bridgehead atoms. The van der Waals surface area contributed by atoms with E-state index in [0.29, 0.717) is 16.1 Å². The molecule has 0 heterocycles. The van der Waals surface area contributed by atoms with Crippen molar-refractivity contribution < 1.29 is 0 Å².